The van der Waals surface area contributed by atoms with Crippen LogP contribution in [-0.4, -0.2) is 5.11 Å². The third-order valence-electron chi connectivity index (χ3n) is 3.01. The van der Waals surface area contributed by atoms with Crippen molar-refractivity contribution in [2.75, 3.05) is 0 Å². The van der Waals surface area contributed by atoms with E-state index >= 15 is 0 Å². The molecular weight excluding hydrogens is 352 g/mol. The molecule has 2 rings (SSSR count). The molecule has 0 bridgehead atoms. The van der Waals surface area contributed by atoms with E-state index in [9.17, 15) is 22.7 Å². The summed E-state index contributed by atoms with van der Waals surface area (Å²) in [5, 5.41) is 10.0. The molecule has 0 fully saturated rings. The molecule has 0 heterocycles. The molecule has 0 radical (unpaired) electrons. The second-order valence-corrected chi connectivity index (χ2v) is 5.45. The summed E-state index contributed by atoms with van der Waals surface area (Å²) in [6, 6.07) is 8.85. The summed E-state index contributed by atoms with van der Waals surface area (Å²) >= 11 is 3.00. The fourth-order valence-electron chi connectivity index (χ4n) is 1.94. The standard InChI is InChI=1S/C15H11BrF4O/c16-12-5-4-10(8-13(12)17)14(21)7-9-2-1-3-11(6-9)15(18,19)20/h1-6,8,14,21H,7H2. The van der Waals surface area contributed by atoms with E-state index in [-0.39, 0.29) is 10.9 Å². The molecule has 0 spiro atoms. The molecule has 1 unspecified atom stereocenters. The summed E-state index contributed by atoms with van der Waals surface area (Å²) in [5.74, 6) is -0.532. The fraction of sp³-hybridized carbons (Fsp3) is 0.200. The van der Waals surface area contributed by atoms with Crippen LogP contribution in [0.15, 0.2) is 46.9 Å². The Bertz CT molecular complexity index is 640. The summed E-state index contributed by atoms with van der Waals surface area (Å²) in [6.07, 6.45) is -5.52. The molecule has 21 heavy (non-hydrogen) atoms. The Kier molecular flexibility index (Phi) is 4.68. The summed E-state index contributed by atoms with van der Waals surface area (Å²) in [4.78, 5) is 0. The van der Waals surface area contributed by atoms with Crippen LogP contribution >= 0.6 is 15.9 Å². The van der Waals surface area contributed by atoms with E-state index in [0.29, 0.717) is 11.1 Å². The zero-order chi connectivity index (χ0) is 15.6. The van der Waals surface area contributed by atoms with Crippen molar-refractivity contribution in [2.45, 2.75) is 18.7 Å². The van der Waals surface area contributed by atoms with Crippen LogP contribution in [0.25, 0.3) is 0 Å². The summed E-state index contributed by atoms with van der Waals surface area (Å²) in [6.45, 7) is 0. The lowest BCUT2D eigenvalue weighted by atomic mass is 10.00. The van der Waals surface area contributed by atoms with E-state index in [0.717, 1.165) is 18.2 Å². The first kappa shape index (κ1) is 16.0. The molecule has 0 saturated heterocycles. The number of hydrogen-bond acceptors (Lipinski definition) is 1. The third kappa shape index (κ3) is 4.04. The Hall–Kier alpha value is -1.40. The molecule has 1 atom stereocenters. The number of alkyl halides is 3. The summed E-state index contributed by atoms with van der Waals surface area (Å²) < 4.78 is 51.5. The Labute approximate surface area is 127 Å². The molecule has 0 aliphatic carbocycles. The number of aliphatic hydroxyl groups excluding tert-OH is 1. The Morgan fingerprint density at radius 3 is 2.43 bits per heavy atom. The van der Waals surface area contributed by atoms with Gasteiger partial charge in [-0.05, 0) is 45.3 Å². The lowest BCUT2D eigenvalue weighted by Crippen LogP contribution is -2.07. The van der Waals surface area contributed by atoms with Crippen molar-refractivity contribution in [3.05, 3.63) is 69.4 Å². The average Bonchev–Trinajstić information content (AvgIpc) is 2.41. The van der Waals surface area contributed by atoms with Crippen LogP contribution in [0.1, 0.15) is 22.8 Å². The molecule has 0 aromatic heterocycles. The molecule has 6 heteroatoms. The SMILES string of the molecule is OC(Cc1cccc(C(F)(F)F)c1)c1ccc(Br)c(F)c1. The molecular formula is C15H11BrF4O. The maximum atomic E-state index is 13.4. The quantitative estimate of drug-likeness (QED) is 0.771. The van der Waals surface area contributed by atoms with Crippen molar-refractivity contribution in [3.8, 4) is 0 Å². The molecule has 1 nitrogen and oxygen atoms in total. The average molecular weight is 363 g/mol. The van der Waals surface area contributed by atoms with Gasteiger partial charge in [0, 0.05) is 6.42 Å². The highest BCUT2D eigenvalue weighted by Gasteiger charge is 2.30. The number of benzene rings is 2. The molecule has 0 amide bonds. The van der Waals surface area contributed by atoms with Crippen molar-refractivity contribution >= 4 is 15.9 Å². The van der Waals surface area contributed by atoms with Crippen LogP contribution in [0.3, 0.4) is 0 Å². The lowest BCUT2D eigenvalue weighted by Gasteiger charge is -2.13. The highest BCUT2D eigenvalue weighted by Crippen LogP contribution is 2.30. The van der Waals surface area contributed by atoms with Gasteiger partial charge in [0.25, 0.3) is 0 Å². The Morgan fingerprint density at radius 2 is 1.81 bits per heavy atom. The van der Waals surface area contributed by atoms with Gasteiger partial charge >= 0.3 is 6.18 Å². The van der Waals surface area contributed by atoms with Crippen LogP contribution in [-0.2, 0) is 12.6 Å². The fourth-order valence-corrected chi connectivity index (χ4v) is 2.18. The van der Waals surface area contributed by atoms with Gasteiger partial charge in [-0.2, -0.15) is 13.2 Å². The van der Waals surface area contributed by atoms with Gasteiger partial charge < -0.3 is 5.11 Å². The van der Waals surface area contributed by atoms with Gasteiger partial charge in [0.1, 0.15) is 5.82 Å². The molecule has 2 aromatic rings. The lowest BCUT2D eigenvalue weighted by molar-refractivity contribution is -0.137. The van der Waals surface area contributed by atoms with E-state index in [1.165, 1.54) is 24.3 Å². The van der Waals surface area contributed by atoms with Crippen molar-refractivity contribution < 1.29 is 22.7 Å². The number of aliphatic hydroxyl groups is 1. The molecule has 1 N–H and O–H groups in total. The first-order valence-electron chi connectivity index (χ1n) is 6.06. The molecule has 112 valence electrons. The van der Waals surface area contributed by atoms with Crippen LogP contribution in [0.5, 0.6) is 0 Å². The minimum atomic E-state index is -4.43. The van der Waals surface area contributed by atoms with Gasteiger partial charge in [0.05, 0.1) is 16.1 Å². The minimum Gasteiger partial charge on any atom is -0.388 e. The van der Waals surface area contributed by atoms with Gasteiger partial charge in [-0.1, -0.05) is 24.3 Å². The zero-order valence-electron chi connectivity index (χ0n) is 10.7. The maximum Gasteiger partial charge on any atom is 0.416 e. The first-order chi connectivity index (χ1) is 9.77. The van der Waals surface area contributed by atoms with Crippen LogP contribution < -0.4 is 0 Å². The van der Waals surface area contributed by atoms with Gasteiger partial charge in [0.2, 0.25) is 0 Å². The number of halogens is 5. The van der Waals surface area contributed by atoms with Gasteiger partial charge in [-0.25, -0.2) is 4.39 Å². The van der Waals surface area contributed by atoms with E-state index in [2.05, 4.69) is 15.9 Å². The maximum absolute atomic E-state index is 13.4. The number of hydrogen-bond donors (Lipinski definition) is 1. The predicted octanol–water partition coefficient (Wildman–Crippen LogP) is 4.88. The summed E-state index contributed by atoms with van der Waals surface area (Å²) in [7, 11) is 0. The second-order valence-electron chi connectivity index (χ2n) is 4.59. The van der Waals surface area contributed by atoms with Gasteiger partial charge in [0.15, 0.2) is 0 Å². The van der Waals surface area contributed by atoms with Crippen LogP contribution in [0.2, 0.25) is 0 Å². The van der Waals surface area contributed by atoms with Crippen molar-refractivity contribution in [1.29, 1.82) is 0 Å². The Balaban J connectivity index is 2.19. The predicted molar refractivity (Wildman–Crippen MR) is 74.2 cm³/mol. The van der Waals surface area contributed by atoms with E-state index in [1.54, 1.807) is 0 Å². The Morgan fingerprint density at radius 1 is 1.10 bits per heavy atom. The van der Waals surface area contributed by atoms with Crippen molar-refractivity contribution in [2.24, 2.45) is 0 Å². The largest absolute Gasteiger partial charge is 0.416 e. The monoisotopic (exact) mass is 362 g/mol. The van der Waals surface area contributed by atoms with E-state index in [1.807, 2.05) is 0 Å². The highest BCUT2D eigenvalue weighted by molar-refractivity contribution is 9.10. The van der Waals surface area contributed by atoms with Crippen molar-refractivity contribution in [1.82, 2.24) is 0 Å². The third-order valence-corrected chi connectivity index (χ3v) is 3.65. The second kappa shape index (κ2) is 6.15. The minimum absolute atomic E-state index is 0.0228. The van der Waals surface area contributed by atoms with E-state index in [4.69, 9.17) is 0 Å². The zero-order valence-corrected chi connectivity index (χ0v) is 12.2. The van der Waals surface area contributed by atoms with Crippen LogP contribution in [0, 0.1) is 5.82 Å². The normalized spacial score (nSPS) is 13.2. The molecule has 0 aliphatic rings. The van der Waals surface area contributed by atoms with E-state index < -0.39 is 23.7 Å². The molecule has 0 saturated carbocycles. The topological polar surface area (TPSA) is 20.2 Å². The van der Waals surface area contributed by atoms with Crippen LogP contribution in [0.4, 0.5) is 17.6 Å². The van der Waals surface area contributed by atoms with Crippen molar-refractivity contribution in [3.63, 3.8) is 0 Å². The first-order valence-corrected chi connectivity index (χ1v) is 6.86. The summed E-state index contributed by atoms with van der Waals surface area (Å²) in [5.41, 5.74) is -0.122. The smallest absolute Gasteiger partial charge is 0.388 e. The highest BCUT2D eigenvalue weighted by atomic mass is 79.9. The number of rotatable bonds is 3. The van der Waals surface area contributed by atoms with Gasteiger partial charge in [-0.3, -0.25) is 0 Å². The van der Waals surface area contributed by atoms with Gasteiger partial charge in [-0.15, -0.1) is 0 Å². The molecule has 0 aliphatic heterocycles. The molecule has 2 aromatic carbocycles.